The first-order valence-corrected chi connectivity index (χ1v) is 14.5. The molecule has 3 aromatic carbocycles. The quantitative estimate of drug-likeness (QED) is 0.0925. The molecule has 9 heteroatoms. The summed E-state index contributed by atoms with van der Waals surface area (Å²) in [6.45, 7) is 5.06. The molecule has 216 valence electrons. The van der Waals surface area contributed by atoms with E-state index < -0.39 is 0 Å². The molecule has 4 aromatic rings. The number of carbonyl (C=O) groups is 1. The Labute approximate surface area is 247 Å². The lowest BCUT2D eigenvalue weighted by atomic mass is 10.1. The third kappa shape index (κ3) is 7.83. The number of aryl methyl sites for hydroxylation is 1. The number of aromatic nitrogens is 2. The summed E-state index contributed by atoms with van der Waals surface area (Å²) >= 11 is 5.68. The van der Waals surface area contributed by atoms with Gasteiger partial charge in [-0.2, -0.15) is 0 Å². The number of anilines is 2. The van der Waals surface area contributed by atoms with Gasteiger partial charge in [-0.05, 0) is 67.4 Å². The second-order valence-electron chi connectivity index (χ2n) is 9.75. The van der Waals surface area contributed by atoms with Gasteiger partial charge in [0, 0.05) is 38.9 Å². The third-order valence-electron chi connectivity index (χ3n) is 6.83. The minimum Gasteiger partial charge on any atom is -0.465 e. The van der Waals surface area contributed by atoms with E-state index in [1.165, 1.54) is 12.7 Å². The lowest BCUT2D eigenvalue weighted by Crippen LogP contribution is -2.30. The van der Waals surface area contributed by atoms with Gasteiger partial charge in [-0.25, -0.2) is 9.78 Å². The molecule has 3 N–H and O–H groups in total. The highest BCUT2D eigenvalue weighted by Gasteiger charge is 2.19. The van der Waals surface area contributed by atoms with Crippen LogP contribution in [0.4, 0.5) is 11.4 Å². The second kappa shape index (κ2) is 15.2. The molecule has 0 saturated carbocycles. The molecule has 0 atom stereocenters. The van der Waals surface area contributed by atoms with Crippen molar-refractivity contribution in [2.24, 2.45) is 0 Å². The van der Waals surface area contributed by atoms with E-state index in [2.05, 4.69) is 45.6 Å². The number of rotatable bonds is 14. The zero-order valence-corrected chi connectivity index (χ0v) is 24.9. The van der Waals surface area contributed by atoms with Crippen molar-refractivity contribution < 1.29 is 14.3 Å². The second-order valence-corrected chi connectivity index (χ2v) is 10.2. The van der Waals surface area contributed by atoms with Crippen LogP contribution in [0.3, 0.4) is 0 Å². The number of ether oxygens (including phenoxy) is 2. The largest absolute Gasteiger partial charge is 0.465 e. The fourth-order valence-electron chi connectivity index (χ4n) is 4.73. The van der Waals surface area contributed by atoms with Crippen LogP contribution in [0.15, 0.2) is 66.7 Å². The Bertz CT molecular complexity index is 1450. The van der Waals surface area contributed by atoms with Crippen LogP contribution in [0.2, 0.25) is 0 Å². The maximum Gasteiger partial charge on any atom is 0.337 e. The third-order valence-corrected chi connectivity index (χ3v) is 7.07. The molecule has 1 aromatic heterocycles. The van der Waals surface area contributed by atoms with Crippen molar-refractivity contribution in [1.82, 2.24) is 14.9 Å². The van der Waals surface area contributed by atoms with E-state index in [1.54, 1.807) is 19.2 Å². The predicted molar refractivity (Wildman–Crippen MR) is 171 cm³/mol. The summed E-state index contributed by atoms with van der Waals surface area (Å²) in [7, 11) is 3.09. The van der Waals surface area contributed by atoms with Gasteiger partial charge in [0.25, 0.3) is 0 Å². The van der Waals surface area contributed by atoms with Crippen molar-refractivity contribution in [3.63, 3.8) is 0 Å². The number of nitrogens with one attached hydrogen (secondary N) is 3. The van der Waals surface area contributed by atoms with E-state index in [-0.39, 0.29) is 5.97 Å². The highest BCUT2D eigenvalue weighted by Crippen LogP contribution is 2.36. The molecule has 0 fully saturated rings. The van der Waals surface area contributed by atoms with E-state index in [4.69, 9.17) is 26.7 Å². The number of methoxy groups -OCH3 is 2. The Balaban J connectivity index is 1.68. The molecule has 0 aliphatic heterocycles. The van der Waals surface area contributed by atoms with Gasteiger partial charge >= 0.3 is 5.97 Å². The minimum atomic E-state index is -0.385. The standard InChI is InChI=1S/C32H39N5O3S/c1-4-5-18-33-29-25(13-9-14-26(29)36-32(41)34-19-17-23-11-7-6-8-12-23)30-35-27-22-24(31(38)40-3)15-16-28(27)37(30)20-10-21-39-2/h6-9,11-16,22,33H,4-5,10,17-21H2,1-3H3,(H2,34,36,41). The van der Waals surface area contributed by atoms with Gasteiger partial charge < -0.3 is 30.0 Å². The SMILES string of the molecule is CCCCNc1c(NC(=S)NCCc2ccccc2)cccc1-c1nc2cc(C(=O)OC)ccc2n1CCCOC. The van der Waals surface area contributed by atoms with Crippen LogP contribution in [0.5, 0.6) is 0 Å². The number of esters is 1. The van der Waals surface area contributed by atoms with Gasteiger partial charge in [0.2, 0.25) is 0 Å². The van der Waals surface area contributed by atoms with E-state index in [9.17, 15) is 4.79 Å². The molecule has 0 amide bonds. The average Bonchev–Trinajstić information content (AvgIpc) is 3.35. The molecule has 8 nitrogen and oxygen atoms in total. The Morgan fingerprint density at radius 2 is 1.83 bits per heavy atom. The molecule has 0 saturated heterocycles. The molecule has 0 aliphatic carbocycles. The van der Waals surface area contributed by atoms with Crippen molar-refractivity contribution in [2.45, 2.75) is 39.2 Å². The number of thiocarbonyl (C=S) groups is 1. The molecule has 0 radical (unpaired) electrons. The zero-order chi connectivity index (χ0) is 29.0. The van der Waals surface area contributed by atoms with E-state index in [0.29, 0.717) is 23.8 Å². The van der Waals surface area contributed by atoms with Gasteiger partial charge in [-0.1, -0.05) is 49.7 Å². The fraction of sp³-hybridized carbons (Fsp3) is 0.344. The highest BCUT2D eigenvalue weighted by molar-refractivity contribution is 7.80. The van der Waals surface area contributed by atoms with E-state index in [1.807, 2.05) is 36.4 Å². The van der Waals surface area contributed by atoms with Gasteiger partial charge in [0.05, 0.1) is 35.1 Å². The Kier molecular flexibility index (Phi) is 11.1. The number of hydrogen-bond donors (Lipinski definition) is 3. The first-order valence-electron chi connectivity index (χ1n) is 14.1. The van der Waals surface area contributed by atoms with Gasteiger partial charge in [0.1, 0.15) is 5.82 Å². The van der Waals surface area contributed by atoms with Gasteiger partial charge in [-0.3, -0.25) is 0 Å². The van der Waals surface area contributed by atoms with E-state index in [0.717, 1.165) is 72.6 Å². The lowest BCUT2D eigenvalue weighted by molar-refractivity contribution is 0.0601. The molecule has 0 spiro atoms. The molecule has 0 aliphatic rings. The smallest absolute Gasteiger partial charge is 0.337 e. The van der Waals surface area contributed by atoms with Crippen LogP contribution < -0.4 is 16.0 Å². The zero-order valence-electron chi connectivity index (χ0n) is 24.0. The van der Waals surface area contributed by atoms with E-state index >= 15 is 0 Å². The van der Waals surface area contributed by atoms with Crippen LogP contribution in [0.25, 0.3) is 22.4 Å². The van der Waals surface area contributed by atoms with Gasteiger partial charge in [-0.15, -0.1) is 0 Å². The summed E-state index contributed by atoms with van der Waals surface area (Å²) in [4.78, 5) is 17.3. The Morgan fingerprint density at radius 1 is 1.00 bits per heavy atom. The molecule has 41 heavy (non-hydrogen) atoms. The summed E-state index contributed by atoms with van der Waals surface area (Å²) < 4.78 is 12.5. The summed E-state index contributed by atoms with van der Waals surface area (Å²) in [5.41, 5.74) is 6.17. The monoisotopic (exact) mass is 573 g/mol. The molecule has 0 unspecified atom stereocenters. The number of carbonyl (C=O) groups excluding carboxylic acids is 1. The van der Waals surface area contributed by atoms with Gasteiger partial charge in [0.15, 0.2) is 5.11 Å². The number of para-hydroxylation sites is 1. The van der Waals surface area contributed by atoms with Crippen molar-refractivity contribution in [3.8, 4) is 11.4 Å². The van der Waals surface area contributed by atoms with Crippen LogP contribution in [0, 0.1) is 0 Å². The first kappa shape index (κ1) is 30.0. The number of benzene rings is 3. The van der Waals surface area contributed by atoms with Crippen LogP contribution >= 0.6 is 12.2 Å². The lowest BCUT2D eigenvalue weighted by Gasteiger charge is -2.19. The van der Waals surface area contributed by atoms with Crippen LogP contribution in [0.1, 0.15) is 42.1 Å². The summed E-state index contributed by atoms with van der Waals surface area (Å²) in [6.07, 6.45) is 3.80. The summed E-state index contributed by atoms with van der Waals surface area (Å²) in [5, 5.41) is 11.0. The number of nitrogens with zero attached hydrogens (tertiary/aromatic N) is 2. The topological polar surface area (TPSA) is 89.4 Å². The van der Waals surface area contributed by atoms with Crippen molar-refractivity contribution in [1.29, 1.82) is 0 Å². The number of imidazole rings is 1. The maximum absolute atomic E-state index is 12.2. The molecule has 1 heterocycles. The molecule has 0 bridgehead atoms. The fourth-order valence-corrected chi connectivity index (χ4v) is 4.94. The molecular formula is C32H39N5O3S. The van der Waals surface area contributed by atoms with Crippen LogP contribution in [-0.2, 0) is 22.4 Å². The maximum atomic E-state index is 12.2. The normalized spacial score (nSPS) is 10.9. The summed E-state index contributed by atoms with van der Waals surface area (Å²) in [5.74, 6) is 0.424. The Morgan fingerprint density at radius 3 is 2.59 bits per heavy atom. The highest BCUT2D eigenvalue weighted by atomic mass is 32.1. The minimum absolute atomic E-state index is 0.385. The number of hydrogen-bond acceptors (Lipinski definition) is 6. The van der Waals surface area contributed by atoms with Crippen LogP contribution in [-0.4, -0.2) is 54.5 Å². The predicted octanol–water partition coefficient (Wildman–Crippen LogP) is 6.27. The molecule has 4 rings (SSSR count). The molecular weight excluding hydrogens is 534 g/mol. The van der Waals surface area contributed by atoms with Crippen molar-refractivity contribution >= 4 is 45.7 Å². The number of fused-ring (bicyclic) bond motifs is 1. The Hall–Kier alpha value is -3.95. The average molecular weight is 574 g/mol. The first-order chi connectivity index (χ1) is 20.0. The van der Waals surface area contributed by atoms with Crippen molar-refractivity contribution in [3.05, 3.63) is 77.9 Å². The number of unbranched alkanes of at least 4 members (excludes halogenated alkanes) is 1. The summed E-state index contributed by atoms with van der Waals surface area (Å²) in [6, 6.07) is 21.9. The van der Waals surface area contributed by atoms with Crippen molar-refractivity contribution in [2.75, 3.05) is 44.5 Å².